The van der Waals surface area contributed by atoms with Gasteiger partial charge in [0, 0.05) is 12.1 Å². The first-order valence-corrected chi connectivity index (χ1v) is 6.77. The van der Waals surface area contributed by atoms with Gasteiger partial charge < -0.3 is 15.8 Å². The molecule has 0 heterocycles. The van der Waals surface area contributed by atoms with Gasteiger partial charge in [0.2, 0.25) is 0 Å². The zero-order valence-corrected chi connectivity index (χ0v) is 11.8. The van der Waals surface area contributed by atoms with Crippen LogP contribution in [0.3, 0.4) is 0 Å². The Bertz CT molecular complexity index is 352. The Morgan fingerprint density at radius 2 is 2.17 bits per heavy atom. The van der Waals surface area contributed by atoms with Gasteiger partial charge in [0.1, 0.15) is 5.75 Å². The molecule has 1 aromatic carbocycles. The number of aryl methyl sites for hydroxylation is 1. The Kier molecular flexibility index (Phi) is 6.76. The number of methoxy groups -OCH3 is 1. The van der Waals surface area contributed by atoms with Crippen molar-refractivity contribution in [1.82, 2.24) is 5.32 Å². The molecule has 0 radical (unpaired) electrons. The number of hydrogen-bond acceptors (Lipinski definition) is 3. The van der Waals surface area contributed by atoms with Crippen LogP contribution in [0.5, 0.6) is 5.75 Å². The van der Waals surface area contributed by atoms with E-state index in [-0.39, 0.29) is 0 Å². The van der Waals surface area contributed by atoms with Crippen molar-refractivity contribution in [2.24, 2.45) is 11.7 Å². The fraction of sp³-hybridized carbons (Fsp3) is 0.600. The highest BCUT2D eigenvalue weighted by molar-refractivity contribution is 5.37. The second-order valence-electron chi connectivity index (χ2n) is 4.81. The van der Waals surface area contributed by atoms with Crippen molar-refractivity contribution in [2.75, 3.05) is 20.2 Å². The predicted octanol–water partition coefficient (Wildman–Crippen LogP) is 2.33. The van der Waals surface area contributed by atoms with Crippen LogP contribution in [0.1, 0.15) is 31.4 Å². The maximum absolute atomic E-state index is 5.60. The van der Waals surface area contributed by atoms with Gasteiger partial charge in [-0.25, -0.2) is 0 Å². The minimum atomic E-state index is 0.585. The van der Waals surface area contributed by atoms with Gasteiger partial charge >= 0.3 is 0 Å². The average Bonchev–Trinajstić information content (AvgIpc) is 2.42. The van der Waals surface area contributed by atoms with E-state index >= 15 is 0 Å². The van der Waals surface area contributed by atoms with E-state index < -0.39 is 0 Å². The second-order valence-corrected chi connectivity index (χ2v) is 4.81. The highest BCUT2D eigenvalue weighted by Gasteiger charge is 2.04. The largest absolute Gasteiger partial charge is 0.496 e. The van der Waals surface area contributed by atoms with Gasteiger partial charge in [0.05, 0.1) is 7.11 Å². The third kappa shape index (κ3) is 4.67. The van der Waals surface area contributed by atoms with E-state index in [1.807, 2.05) is 0 Å². The second kappa shape index (κ2) is 8.11. The molecule has 102 valence electrons. The molecule has 3 nitrogen and oxygen atoms in total. The van der Waals surface area contributed by atoms with Gasteiger partial charge in [-0.05, 0) is 43.5 Å². The minimum absolute atomic E-state index is 0.585. The Hall–Kier alpha value is -1.06. The van der Waals surface area contributed by atoms with E-state index in [0.717, 1.165) is 38.2 Å². The smallest absolute Gasteiger partial charge is 0.123 e. The molecular weight excluding hydrogens is 224 g/mol. The molecule has 0 bridgehead atoms. The molecule has 3 heteroatoms. The lowest BCUT2D eigenvalue weighted by atomic mass is 10.1. The van der Waals surface area contributed by atoms with Crippen molar-refractivity contribution < 1.29 is 4.74 Å². The molecule has 0 aliphatic carbocycles. The highest BCUT2D eigenvalue weighted by atomic mass is 16.5. The van der Waals surface area contributed by atoms with Crippen molar-refractivity contribution >= 4 is 0 Å². The zero-order chi connectivity index (χ0) is 13.4. The van der Waals surface area contributed by atoms with Gasteiger partial charge in [0.25, 0.3) is 0 Å². The van der Waals surface area contributed by atoms with E-state index in [2.05, 4.69) is 37.4 Å². The van der Waals surface area contributed by atoms with Crippen LogP contribution in [0.15, 0.2) is 18.2 Å². The maximum Gasteiger partial charge on any atom is 0.123 e. The summed E-state index contributed by atoms with van der Waals surface area (Å²) in [7, 11) is 1.72. The average molecular weight is 250 g/mol. The molecule has 0 saturated carbocycles. The highest BCUT2D eigenvalue weighted by Crippen LogP contribution is 2.20. The first-order chi connectivity index (χ1) is 8.71. The number of nitrogens with two attached hydrogens (primary N) is 1. The molecule has 0 aliphatic rings. The molecule has 0 spiro atoms. The molecule has 1 aromatic rings. The zero-order valence-electron chi connectivity index (χ0n) is 11.8. The summed E-state index contributed by atoms with van der Waals surface area (Å²) in [5, 5.41) is 3.46. The topological polar surface area (TPSA) is 47.3 Å². The van der Waals surface area contributed by atoms with Crippen LogP contribution in [-0.2, 0) is 13.0 Å². The molecule has 1 unspecified atom stereocenters. The number of ether oxygens (including phenoxy) is 1. The summed E-state index contributed by atoms with van der Waals surface area (Å²) in [5.41, 5.74) is 8.18. The molecule has 1 atom stereocenters. The first kappa shape index (κ1) is 15.0. The molecule has 0 aromatic heterocycles. The quantitative estimate of drug-likeness (QED) is 0.696. The van der Waals surface area contributed by atoms with Crippen molar-refractivity contribution in [2.45, 2.75) is 33.2 Å². The predicted molar refractivity (Wildman–Crippen MR) is 76.9 cm³/mol. The molecule has 0 aliphatic heterocycles. The summed E-state index contributed by atoms with van der Waals surface area (Å²) in [6, 6.07) is 6.40. The molecule has 0 amide bonds. The summed E-state index contributed by atoms with van der Waals surface area (Å²) in [6.45, 7) is 6.96. The van der Waals surface area contributed by atoms with Gasteiger partial charge in [-0.3, -0.25) is 0 Å². The van der Waals surface area contributed by atoms with Gasteiger partial charge in [0.15, 0.2) is 0 Å². The molecule has 3 N–H and O–H groups in total. The molecule has 1 rings (SSSR count). The number of benzene rings is 1. The standard InChI is InChI=1S/C15H26N2O/c1-4-13-5-6-15(18-3)14(9-13)11-17-8-7-12(2)10-16/h5-6,9,12,17H,4,7-8,10-11,16H2,1-3H3. The number of rotatable bonds is 8. The van der Waals surface area contributed by atoms with E-state index in [0.29, 0.717) is 5.92 Å². The summed E-state index contributed by atoms with van der Waals surface area (Å²) >= 11 is 0. The number of hydrogen-bond donors (Lipinski definition) is 2. The van der Waals surface area contributed by atoms with E-state index in [1.165, 1.54) is 11.1 Å². The minimum Gasteiger partial charge on any atom is -0.496 e. The lowest BCUT2D eigenvalue weighted by Crippen LogP contribution is -2.20. The van der Waals surface area contributed by atoms with Crippen LogP contribution in [0.25, 0.3) is 0 Å². The van der Waals surface area contributed by atoms with Crippen molar-refractivity contribution in [1.29, 1.82) is 0 Å². The molecular formula is C15H26N2O. The Morgan fingerprint density at radius 1 is 1.39 bits per heavy atom. The van der Waals surface area contributed by atoms with Crippen molar-refractivity contribution in [3.8, 4) is 5.75 Å². The Balaban J connectivity index is 2.49. The molecule has 0 saturated heterocycles. The van der Waals surface area contributed by atoms with Crippen LogP contribution in [0.4, 0.5) is 0 Å². The van der Waals surface area contributed by atoms with Crippen molar-refractivity contribution in [3.05, 3.63) is 29.3 Å². The van der Waals surface area contributed by atoms with E-state index in [4.69, 9.17) is 10.5 Å². The fourth-order valence-electron chi connectivity index (χ4n) is 1.88. The van der Waals surface area contributed by atoms with Crippen LogP contribution < -0.4 is 15.8 Å². The summed E-state index contributed by atoms with van der Waals surface area (Å²) in [4.78, 5) is 0. The summed E-state index contributed by atoms with van der Waals surface area (Å²) in [5.74, 6) is 1.55. The molecule has 0 fully saturated rings. The van der Waals surface area contributed by atoms with Gasteiger partial charge in [-0.15, -0.1) is 0 Å². The van der Waals surface area contributed by atoms with Crippen LogP contribution in [-0.4, -0.2) is 20.2 Å². The van der Waals surface area contributed by atoms with Crippen LogP contribution >= 0.6 is 0 Å². The molecule has 18 heavy (non-hydrogen) atoms. The van der Waals surface area contributed by atoms with Gasteiger partial charge in [-0.2, -0.15) is 0 Å². The van der Waals surface area contributed by atoms with Crippen LogP contribution in [0, 0.1) is 5.92 Å². The summed E-state index contributed by atoms with van der Waals surface area (Å²) in [6.07, 6.45) is 2.17. The van der Waals surface area contributed by atoms with E-state index in [1.54, 1.807) is 7.11 Å². The maximum atomic E-state index is 5.60. The van der Waals surface area contributed by atoms with E-state index in [9.17, 15) is 0 Å². The Morgan fingerprint density at radius 3 is 2.78 bits per heavy atom. The monoisotopic (exact) mass is 250 g/mol. The third-order valence-corrected chi connectivity index (χ3v) is 3.28. The normalized spacial score (nSPS) is 12.4. The van der Waals surface area contributed by atoms with Gasteiger partial charge in [-0.1, -0.05) is 26.0 Å². The number of nitrogens with one attached hydrogen (secondary N) is 1. The first-order valence-electron chi connectivity index (χ1n) is 6.77. The van der Waals surface area contributed by atoms with Crippen molar-refractivity contribution in [3.63, 3.8) is 0 Å². The third-order valence-electron chi connectivity index (χ3n) is 3.28. The Labute approximate surface area is 111 Å². The lowest BCUT2D eigenvalue weighted by molar-refractivity contribution is 0.406. The SMILES string of the molecule is CCc1ccc(OC)c(CNCCC(C)CN)c1. The lowest BCUT2D eigenvalue weighted by Gasteiger charge is -2.12. The van der Waals surface area contributed by atoms with Crippen LogP contribution in [0.2, 0.25) is 0 Å². The fourth-order valence-corrected chi connectivity index (χ4v) is 1.88. The summed E-state index contributed by atoms with van der Waals surface area (Å²) < 4.78 is 5.38.